The summed E-state index contributed by atoms with van der Waals surface area (Å²) in [7, 11) is 0. The Kier molecular flexibility index (Phi) is 5.03. The number of anilines is 1. The van der Waals surface area contributed by atoms with Gasteiger partial charge in [0.25, 0.3) is 0 Å². The van der Waals surface area contributed by atoms with Crippen molar-refractivity contribution in [1.82, 2.24) is 15.0 Å². The third-order valence-corrected chi connectivity index (χ3v) is 5.50. The Hall–Kier alpha value is -3.14. The van der Waals surface area contributed by atoms with E-state index >= 15 is 0 Å². The zero-order valence-corrected chi connectivity index (χ0v) is 15.2. The summed E-state index contributed by atoms with van der Waals surface area (Å²) in [6.45, 7) is 1.72. The zero-order chi connectivity index (χ0) is 18.7. The molecule has 128 valence electrons. The van der Waals surface area contributed by atoms with E-state index in [4.69, 9.17) is 11.0 Å². The molecule has 0 bridgehead atoms. The fourth-order valence-electron chi connectivity index (χ4n) is 2.13. The maximum atomic E-state index is 10.6. The minimum Gasteiger partial charge on any atom is -0.510 e. The van der Waals surface area contributed by atoms with Crippen LogP contribution < -0.4 is 5.73 Å². The number of nitriles is 2. The maximum absolute atomic E-state index is 10.6. The molecule has 0 aliphatic rings. The van der Waals surface area contributed by atoms with Gasteiger partial charge in [-0.1, -0.05) is 23.9 Å². The average Bonchev–Trinajstić information content (AvgIpc) is 3.06. The summed E-state index contributed by atoms with van der Waals surface area (Å²) in [6.07, 6.45) is 1.33. The Morgan fingerprint density at radius 1 is 1.31 bits per heavy atom. The summed E-state index contributed by atoms with van der Waals surface area (Å²) in [5.41, 5.74) is 6.76. The number of aliphatic hydroxyl groups excluding tert-OH is 1. The summed E-state index contributed by atoms with van der Waals surface area (Å²) in [5, 5.41) is 29.2. The molecular formula is C17H12N6OS2. The smallest absolute Gasteiger partial charge is 0.190 e. The van der Waals surface area contributed by atoms with Crippen molar-refractivity contribution >= 4 is 44.7 Å². The molecule has 26 heavy (non-hydrogen) atoms. The molecule has 3 rings (SSSR count). The Morgan fingerprint density at radius 2 is 2.08 bits per heavy atom. The number of aliphatic hydroxyl groups is 1. The fourth-order valence-corrected chi connectivity index (χ4v) is 3.91. The van der Waals surface area contributed by atoms with Crippen LogP contribution in [0.1, 0.15) is 17.5 Å². The number of para-hydroxylation sites is 1. The standard InChI is InChI=1S/C17H12N6OS2/c1-9(25-17-21-8-10(6-18)15(20)23-17)14(24)11(7-19)16-22-12-4-2-3-5-13(12)26-16/h2-5,8-9,24H,1H3,(H2,20,21,23)/b14-11-. The number of nitrogens with zero attached hydrogens (tertiary/aromatic N) is 5. The van der Waals surface area contributed by atoms with E-state index < -0.39 is 5.25 Å². The summed E-state index contributed by atoms with van der Waals surface area (Å²) < 4.78 is 0.937. The molecule has 0 fully saturated rings. The molecule has 0 spiro atoms. The van der Waals surface area contributed by atoms with Gasteiger partial charge < -0.3 is 10.8 Å². The highest BCUT2D eigenvalue weighted by molar-refractivity contribution is 7.99. The van der Waals surface area contributed by atoms with Gasteiger partial charge in [0.05, 0.1) is 21.7 Å². The second-order valence-electron chi connectivity index (χ2n) is 5.18. The van der Waals surface area contributed by atoms with E-state index in [9.17, 15) is 10.4 Å². The molecule has 1 atom stereocenters. The van der Waals surface area contributed by atoms with Crippen LogP contribution in [0, 0.1) is 22.7 Å². The van der Waals surface area contributed by atoms with Gasteiger partial charge in [-0.05, 0) is 19.1 Å². The quantitative estimate of drug-likeness (QED) is 0.304. The van der Waals surface area contributed by atoms with Crippen molar-refractivity contribution in [2.24, 2.45) is 0 Å². The number of hydrogen-bond acceptors (Lipinski definition) is 9. The molecule has 9 heteroatoms. The van der Waals surface area contributed by atoms with Crippen molar-refractivity contribution in [2.75, 3.05) is 5.73 Å². The second-order valence-corrected chi connectivity index (χ2v) is 7.52. The summed E-state index contributed by atoms with van der Waals surface area (Å²) >= 11 is 2.48. The van der Waals surface area contributed by atoms with Gasteiger partial charge in [-0.2, -0.15) is 10.5 Å². The van der Waals surface area contributed by atoms with E-state index in [-0.39, 0.29) is 22.7 Å². The number of nitrogen functional groups attached to an aromatic ring is 1. The SMILES string of the molecule is CC(Sc1ncc(C#N)c(N)n1)/C(O)=C(\C#N)c1nc2ccccc2s1. The monoisotopic (exact) mass is 380 g/mol. The number of benzene rings is 1. The van der Waals surface area contributed by atoms with Gasteiger partial charge in [-0.25, -0.2) is 15.0 Å². The molecule has 0 saturated heterocycles. The fraction of sp³-hybridized carbons (Fsp3) is 0.118. The molecular weight excluding hydrogens is 368 g/mol. The molecule has 3 aromatic rings. The van der Waals surface area contributed by atoms with Crippen LogP contribution in [0.5, 0.6) is 0 Å². The Bertz CT molecular complexity index is 1060. The third-order valence-electron chi connectivity index (χ3n) is 3.46. The Morgan fingerprint density at radius 3 is 2.73 bits per heavy atom. The highest BCUT2D eigenvalue weighted by Gasteiger charge is 2.20. The van der Waals surface area contributed by atoms with Crippen LogP contribution in [0.3, 0.4) is 0 Å². The molecule has 2 aromatic heterocycles. The highest BCUT2D eigenvalue weighted by atomic mass is 32.2. The number of fused-ring (bicyclic) bond motifs is 1. The van der Waals surface area contributed by atoms with Gasteiger partial charge in [0.2, 0.25) is 0 Å². The molecule has 7 nitrogen and oxygen atoms in total. The molecule has 0 amide bonds. The van der Waals surface area contributed by atoms with Crippen molar-refractivity contribution in [3.63, 3.8) is 0 Å². The minimum atomic E-state index is -0.496. The van der Waals surface area contributed by atoms with Gasteiger partial charge in [-0.3, -0.25) is 0 Å². The Labute approximate surface area is 157 Å². The molecule has 0 aliphatic heterocycles. The summed E-state index contributed by atoms with van der Waals surface area (Å²) in [4.78, 5) is 12.5. The van der Waals surface area contributed by atoms with Gasteiger partial charge in [0.15, 0.2) is 5.16 Å². The molecule has 2 heterocycles. The lowest BCUT2D eigenvalue weighted by molar-refractivity contribution is 0.402. The molecule has 3 N–H and O–H groups in total. The number of allylic oxidation sites excluding steroid dienone is 1. The first-order chi connectivity index (χ1) is 12.5. The first kappa shape index (κ1) is 17.7. The van der Waals surface area contributed by atoms with Crippen molar-refractivity contribution < 1.29 is 5.11 Å². The predicted octanol–water partition coefficient (Wildman–Crippen LogP) is 3.51. The lowest BCUT2D eigenvalue weighted by Gasteiger charge is -2.11. The van der Waals surface area contributed by atoms with Crippen molar-refractivity contribution in [1.29, 1.82) is 10.5 Å². The number of rotatable bonds is 4. The first-order valence-corrected chi connectivity index (χ1v) is 9.11. The normalized spacial score (nSPS) is 12.9. The lowest BCUT2D eigenvalue weighted by Crippen LogP contribution is -2.06. The van der Waals surface area contributed by atoms with Crippen molar-refractivity contribution in [2.45, 2.75) is 17.3 Å². The largest absolute Gasteiger partial charge is 0.510 e. The topological polar surface area (TPSA) is 132 Å². The van der Waals surface area contributed by atoms with Gasteiger partial charge in [0, 0.05) is 0 Å². The highest BCUT2D eigenvalue weighted by Crippen LogP contribution is 2.32. The van der Waals surface area contributed by atoms with E-state index in [2.05, 4.69) is 15.0 Å². The number of hydrogen-bond donors (Lipinski definition) is 2. The van der Waals surface area contributed by atoms with Crippen LogP contribution in [0.25, 0.3) is 15.8 Å². The average molecular weight is 380 g/mol. The summed E-state index contributed by atoms with van der Waals surface area (Å²) in [6, 6.07) is 11.4. The van der Waals surface area contributed by atoms with Crippen LogP contribution in [-0.4, -0.2) is 25.3 Å². The summed E-state index contributed by atoms with van der Waals surface area (Å²) in [5.74, 6) is -0.0320. The second kappa shape index (κ2) is 7.40. The van der Waals surface area contributed by atoms with Gasteiger partial charge in [0.1, 0.15) is 39.9 Å². The molecule has 1 unspecified atom stereocenters. The number of thiazole rings is 1. The maximum Gasteiger partial charge on any atom is 0.190 e. The number of aromatic nitrogens is 3. The third kappa shape index (κ3) is 3.45. The molecule has 0 saturated carbocycles. The number of nitrogens with two attached hydrogens (primary N) is 1. The van der Waals surface area contributed by atoms with Crippen LogP contribution in [0.4, 0.5) is 5.82 Å². The molecule has 1 aromatic carbocycles. The number of thioether (sulfide) groups is 1. The first-order valence-electron chi connectivity index (χ1n) is 7.42. The lowest BCUT2D eigenvalue weighted by atomic mass is 10.2. The minimum absolute atomic E-state index is 0.0762. The zero-order valence-electron chi connectivity index (χ0n) is 13.5. The Balaban J connectivity index is 1.91. The van der Waals surface area contributed by atoms with Crippen LogP contribution in [-0.2, 0) is 0 Å². The van der Waals surface area contributed by atoms with Gasteiger partial charge >= 0.3 is 0 Å². The van der Waals surface area contributed by atoms with Crippen molar-refractivity contribution in [3.05, 3.63) is 46.8 Å². The predicted molar refractivity (Wildman–Crippen MR) is 101 cm³/mol. The molecule has 0 aliphatic carbocycles. The van der Waals surface area contributed by atoms with Crippen LogP contribution >= 0.6 is 23.1 Å². The molecule has 0 radical (unpaired) electrons. The van der Waals surface area contributed by atoms with E-state index in [1.165, 1.54) is 17.5 Å². The van der Waals surface area contributed by atoms with E-state index in [0.29, 0.717) is 10.2 Å². The van der Waals surface area contributed by atoms with E-state index in [1.54, 1.807) is 6.92 Å². The van der Waals surface area contributed by atoms with Crippen LogP contribution in [0.15, 0.2) is 41.4 Å². The van der Waals surface area contributed by atoms with Gasteiger partial charge in [-0.15, -0.1) is 11.3 Å². The van der Waals surface area contributed by atoms with E-state index in [1.807, 2.05) is 36.4 Å². The van der Waals surface area contributed by atoms with Crippen LogP contribution in [0.2, 0.25) is 0 Å². The van der Waals surface area contributed by atoms with E-state index in [0.717, 1.165) is 22.0 Å². The van der Waals surface area contributed by atoms with Crippen molar-refractivity contribution in [3.8, 4) is 12.1 Å².